The van der Waals surface area contributed by atoms with Gasteiger partial charge < -0.3 is 4.74 Å². The maximum atomic E-state index is 5.34. The molecule has 1 aromatic rings. The van der Waals surface area contributed by atoms with Crippen LogP contribution in [0.3, 0.4) is 0 Å². The molecular weight excluding hydrogens is 252 g/mol. The first-order valence-electron chi connectivity index (χ1n) is 5.22. The van der Waals surface area contributed by atoms with Crippen LogP contribution in [0.15, 0.2) is 18.2 Å². The lowest BCUT2D eigenvalue weighted by atomic mass is 9.86. The van der Waals surface area contributed by atoms with Crippen molar-refractivity contribution in [3.8, 4) is 5.75 Å². The molecule has 0 radical (unpaired) electrons. The number of rotatable bonds is 3. The van der Waals surface area contributed by atoms with E-state index < -0.39 is 0 Å². The lowest BCUT2D eigenvalue weighted by Gasteiger charge is -2.21. The summed E-state index contributed by atoms with van der Waals surface area (Å²) in [7, 11) is 1.73. The van der Waals surface area contributed by atoms with E-state index >= 15 is 0 Å². The van der Waals surface area contributed by atoms with Crippen molar-refractivity contribution in [3.05, 3.63) is 29.3 Å². The number of methoxy groups -OCH3 is 1. The summed E-state index contributed by atoms with van der Waals surface area (Å²) in [5.74, 6) is 0.988. The Bertz CT molecular complexity index is 326. The van der Waals surface area contributed by atoms with Crippen molar-refractivity contribution >= 4 is 15.9 Å². The molecule has 1 rings (SSSR count). The monoisotopic (exact) mass is 270 g/mol. The Balaban J connectivity index is 3.10. The summed E-state index contributed by atoms with van der Waals surface area (Å²) in [6.07, 6.45) is 1.01. The van der Waals surface area contributed by atoms with E-state index in [4.69, 9.17) is 4.74 Å². The molecule has 0 aromatic heterocycles. The summed E-state index contributed by atoms with van der Waals surface area (Å²) in [5, 5.41) is 0.969. The first-order chi connectivity index (χ1) is 6.99. The Morgan fingerprint density at radius 1 is 1.27 bits per heavy atom. The van der Waals surface area contributed by atoms with Gasteiger partial charge in [0.1, 0.15) is 5.75 Å². The Hall–Kier alpha value is -0.500. The van der Waals surface area contributed by atoms with E-state index in [0.717, 1.165) is 17.5 Å². The van der Waals surface area contributed by atoms with Crippen molar-refractivity contribution in [2.45, 2.75) is 32.6 Å². The number of alkyl halides is 1. The zero-order chi connectivity index (χ0) is 11.5. The Kier molecular flexibility index (Phi) is 4.21. The third kappa shape index (κ3) is 3.23. The fraction of sp³-hybridized carbons (Fsp3) is 0.538. The van der Waals surface area contributed by atoms with Gasteiger partial charge in [-0.25, -0.2) is 0 Å². The Labute approximate surface area is 101 Å². The van der Waals surface area contributed by atoms with E-state index in [1.54, 1.807) is 7.11 Å². The molecule has 0 spiro atoms. The first-order valence-corrected chi connectivity index (χ1v) is 6.34. The summed E-state index contributed by atoms with van der Waals surface area (Å²) in [4.78, 5) is 0. The zero-order valence-electron chi connectivity index (χ0n) is 9.93. The number of halogens is 1. The highest BCUT2D eigenvalue weighted by Crippen LogP contribution is 2.28. The van der Waals surface area contributed by atoms with Crippen molar-refractivity contribution in [1.82, 2.24) is 0 Å². The van der Waals surface area contributed by atoms with E-state index in [0.29, 0.717) is 0 Å². The average Bonchev–Trinajstić information content (AvgIpc) is 2.17. The molecule has 1 aromatic carbocycles. The molecule has 2 heteroatoms. The Morgan fingerprint density at radius 2 is 1.93 bits per heavy atom. The molecule has 0 aliphatic heterocycles. The third-order valence-electron chi connectivity index (χ3n) is 2.51. The van der Waals surface area contributed by atoms with Crippen molar-refractivity contribution < 1.29 is 4.74 Å². The van der Waals surface area contributed by atoms with Gasteiger partial charge in [-0.05, 0) is 29.0 Å². The molecule has 15 heavy (non-hydrogen) atoms. The number of hydrogen-bond donors (Lipinski definition) is 0. The number of hydrogen-bond acceptors (Lipinski definition) is 1. The van der Waals surface area contributed by atoms with Crippen LogP contribution in [-0.4, -0.2) is 12.4 Å². The van der Waals surface area contributed by atoms with Crippen LogP contribution < -0.4 is 4.74 Å². The van der Waals surface area contributed by atoms with Gasteiger partial charge in [0.25, 0.3) is 0 Å². The largest absolute Gasteiger partial charge is 0.496 e. The van der Waals surface area contributed by atoms with Gasteiger partial charge in [-0.3, -0.25) is 0 Å². The maximum absolute atomic E-state index is 5.34. The normalized spacial score (nSPS) is 11.5. The predicted molar refractivity (Wildman–Crippen MR) is 69.2 cm³/mol. The molecule has 0 N–H and O–H groups in total. The van der Waals surface area contributed by atoms with Crippen LogP contribution in [0.4, 0.5) is 0 Å². The minimum absolute atomic E-state index is 0.202. The zero-order valence-corrected chi connectivity index (χ0v) is 11.5. The van der Waals surface area contributed by atoms with Crippen LogP contribution in [0.1, 0.15) is 31.9 Å². The minimum atomic E-state index is 0.202. The smallest absolute Gasteiger partial charge is 0.122 e. The SMILES string of the molecule is COc1ccc(C(C)(C)C)cc1CCBr. The molecule has 0 unspecified atom stereocenters. The highest BCUT2D eigenvalue weighted by Gasteiger charge is 2.15. The van der Waals surface area contributed by atoms with E-state index in [-0.39, 0.29) is 5.41 Å². The summed E-state index contributed by atoms with van der Waals surface area (Å²) < 4.78 is 5.34. The molecule has 0 heterocycles. The second-order valence-electron chi connectivity index (χ2n) is 4.72. The Morgan fingerprint density at radius 3 is 2.40 bits per heavy atom. The second kappa shape index (κ2) is 5.02. The lowest BCUT2D eigenvalue weighted by Crippen LogP contribution is -2.11. The van der Waals surface area contributed by atoms with Gasteiger partial charge >= 0.3 is 0 Å². The van der Waals surface area contributed by atoms with Crippen LogP contribution >= 0.6 is 15.9 Å². The average molecular weight is 271 g/mol. The molecule has 0 saturated carbocycles. The quantitative estimate of drug-likeness (QED) is 0.757. The van der Waals surface area contributed by atoms with Gasteiger partial charge in [0.05, 0.1) is 7.11 Å². The number of ether oxygens (including phenoxy) is 1. The molecule has 1 nitrogen and oxygen atoms in total. The third-order valence-corrected chi connectivity index (χ3v) is 2.91. The van der Waals surface area contributed by atoms with E-state index in [2.05, 4.69) is 54.9 Å². The van der Waals surface area contributed by atoms with Crippen molar-refractivity contribution in [1.29, 1.82) is 0 Å². The topological polar surface area (TPSA) is 9.23 Å². The summed E-state index contributed by atoms with van der Waals surface area (Å²) in [6.45, 7) is 6.69. The summed E-state index contributed by atoms with van der Waals surface area (Å²) in [5.41, 5.74) is 2.84. The first kappa shape index (κ1) is 12.6. The minimum Gasteiger partial charge on any atom is -0.496 e. The maximum Gasteiger partial charge on any atom is 0.122 e. The predicted octanol–water partition coefficient (Wildman–Crippen LogP) is 3.93. The van der Waals surface area contributed by atoms with E-state index in [9.17, 15) is 0 Å². The fourth-order valence-corrected chi connectivity index (χ4v) is 1.97. The molecule has 0 bridgehead atoms. The highest BCUT2D eigenvalue weighted by atomic mass is 79.9. The molecule has 0 aliphatic rings. The fourth-order valence-electron chi connectivity index (χ4n) is 1.54. The van der Waals surface area contributed by atoms with Crippen LogP contribution in [0, 0.1) is 0 Å². The van der Waals surface area contributed by atoms with E-state index in [1.165, 1.54) is 11.1 Å². The molecule has 0 saturated heterocycles. The van der Waals surface area contributed by atoms with Crippen molar-refractivity contribution in [3.63, 3.8) is 0 Å². The van der Waals surface area contributed by atoms with Crippen LogP contribution in [0.2, 0.25) is 0 Å². The molecule has 0 atom stereocenters. The van der Waals surface area contributed by atoms with Gasteiger partial charge in [0.15, 0.2) is 0 Å². The van der Waals surface area contributed by atoms with Crippen molar-refractivity contribution in [2.75, 3.05) is 12.4 Å². The standard InChI is InChI=1S/C13H19BrO/c1-13(2,3)11-5-6-12(15-4)10(9-11)7-8-14/h5-6,9H,7-8H2,1-4H3. The number of aryl methyl sites for hydroxylation is 1. The van der Waals surface area contributed by atoms with Gasteiger partial charge in [0, 0.05) is 5.33 Å². The summed E-state index contributed by atoms with van der Waals surface area (Å²) >= 11 is 3.47. The lowest BCUT2D eigenvalue weighted by molar-refractivity contribution is 0.409. The number of benzene rings is 1. The molecule has 0 fully saturated rings. The van der Waals surface area contributed by atoms with Crippen molar-refractivity contribution in [2.24, 2.45) is 0 Å². The highest BCUT2D eigenvalue weighted by molar-refractivity contribution is 9.09. The van der Waals surface area contributed by atoms with Gasteiger partial charge in [-0.1, -0.05) is 48.8 Å². The summed E-state index contributed by atoms with van der Waals surface area (Å²) in [6, 6.07) is 6.47. The van der Waals surface area contributed by atoms with Crippen LogP contribution in [0.5, 0.6) is 5.75 Å². The van der Waals surface area contributed by atoms with Crippen LogP contribution in [0.25, 0.3) is 0 Å². The second-order valence-corrected chi connectivity index (χ2v) is 5.51. The molecule has 0 aliphatic carbocycles. The van der Waals surface area contributed by atoms with Crippen LogP contribution in [-0.2, 0) is 11.8 Å². The van der Waals surface area contributed by atoms with Gasteiger partial charge in [-0.15, -0.1) is 0 Å². The molecule has 0 amide bonds. The van der Waals surface area contributed by atoms with Gasteiger partial charge in [0.2, 0.25) is 0 Å². The molecular formula is C13H19BrO. The van der Waals surface area contributed by atoms with Gasteiger partial charge in [-0.2, -0.15) is 0 Å². The van der Waals surface area contributed by atoms with E-state index in [1.807, 2.05) is 0 Å². The molecule has 84 valence electrons.